The molecular formula is C19H28N2O. The molecule has 0 heterocycles. The van der Waals surface area contributed by atoms with Gasteiger partial charge in [0.25, 0.3) is 0 Å². The van der Waals surface area contributed by atoms with E-state index in [0.717, 1.165) is 32.1 Å². The number of rotatable bonds is 4. The summed E-state index contributed by atoms with van der Waals surface area (Å²) in [6, 6.07) is 10.5. The molecule has 2 atom stereocenters. The van der Waals surface area contributed by atoms with E-state index in [-0.39, 0.29) is 17.4 Å². The van der Waals surface area contributed by atoms with E-state index in [9.17, 15) is 4.79 Å². The molecule has 3 nitrogen and oxygen atoms in total. The van der Waals surface area contributed by atoms with E-state index in [2.05, 4.69) is 29.6 Å². The molecule has 0 bridgehead atoms. The molecule has 1 aromatic carbocycles. The van der Waals surface area contributed by atoms with Gasteiger partial charge in [-0.25, -0.2) is 0 Å². The Morgan fingerprint density at radius 2 is 1.82 bits per heavy atom. The minimum atomic E-state index is -0.154. The van der Waals surface area contributed by atoms with E-state index in [4.69, 9.17) is 5.73 Å². The van der Waals surface area contributed by atoms with Crippen LogP contribution in [-0.2, 0) is 10.3 Å². The van der Waals surface area contributed by atoms with E-state index >= 15 is 0 Å². The Morgan fingerprint density at radius 3 is 2.50 bits per heavy atom. The van der Waals surface area contributed by atoms with Crippen molar-refractivity contribution in [3.63, 3.8) is 0 Å². The van der Waals surface area contributed by atoms with Gasteiger partial charge in [-0.05, 0) is 43.7 Å². The zero-order chi connectivity index (χ0) is 15.4. The number of benzene rings is 1. The summed E-state index contributed by atoms with van der Waals surface area (Å²) in [5.74, 6) is 0.725. The molecule has 0 aromatic heterocycles. The van der Waals surface area contributed by atoms with Crippen molar-refractivity contribution in [1.82, 2.24) is 5.32 Å². The summed E-state index contributed by atoms with van der Waals surface area (Å²) in [5.41, 5.74) is 6.97. The summed E-state index contributed by atoms with van der Waals surface area (Å²) >= 11 is 0. The van der Waals surface area contributed by atoms with Gasteiger partial charge in [0.05, 0.1) is 5.54 Å². The normalized spacial score (nSPS) is 27.5. The number of nitrogens with two attached hydrogens (primary N) is 1. The highest BCUT2D eigenvalue weighted by Crippen LogP contribution is 2.39. The Hall–Kier alpha value is -1.35. The van der Waals surface area contributed by atoms with Gasteiger partial charge in [0.2, 0.25) is 5.91 Å². The van der Waals surface area contributed by atoms with Gasteiger partial charge in [-0.3, -0.25) is 4.79 Å². The first-order valence-corrected chi connectivity index (χ1v) is 8.83. The average molecular weight is 300 g/mol. The quantitative estimate of drug-likeness (QED) is 0.896. The van der Waals surface area contributed by atoms with Gasteiger partial charge in [-0.2, -0.15) is 0 Å². The highest BCUT2D eigenvalue weighted by molar-refractivity contribution is 5.80. The molecule has 3 rings (SSSR count). The van der Waals surface area contributed by atoms with Crippen LogP contribution in [0.3, 0.4) is 0 Å². The second-order valence-electron chi connectivity index (χ2n) is 7.03. The van der Waals surface area contributed by atoms with Crippen molar-refractivity contribution >= 4 is 5.91 Å². The van der Waals surface area contributed by atoms with Crippen LogP contribution in [0, 0.1) is 11.8 Å². The smallest absolute Gasteiger partial charge is 0.224 e. The minimum absolute atomic E-state index is 0.118. The molecule has 2 fully saturated rings. The van der Waals surface area contributed by atoms with Crippen LogP contribution in [0.2, 0.25) is 0 Å². The van der Waals surface area contributed by atoms with Crippen molar-refractivity contribution in [3.05, 3.63) is 35.9 Å². The van der Waals surface area contributed by atoms with Gasteiger partial charge in [-0.15, -0.1) is 0 Å². The summed E-state index contributed by atoms with van der Waals surface area (Å²) in [7, 11) is 0. The lowest BCUT2D eigenvalue weighted by Gasteiger charge is -2.40. The fraction of sp³-hybridized carbons (Fsp3) is 0.632. The Balaban J connectivity index is 1.80. The fourth-order valence-electron chi connectivity index (χ4n) is 4.39. The molecule has 1 aromatic rings. The molecule has 120 valence electrons. The molecule has 2 aliphatic rings. The number of carbonyl (C=O) groups excluding carboxylic acids is 1. The summed E-state index contributed by atoms with van der Waals surface area (Å²) in [4.78, 5) is 12.9. The molecular weight excluding hydrogens is 272 g/mol. The third kappa shape index (κ3) is 3.05. The molecule has 3 N–H and O–H groups in total. The molecule has 0 saturated heterocycles. The van der Waals surface area contributed by atoms with Crippen molar-refractivity contribution in [2.45, 2.75) is 56.9 Å². The van der Waals surface area contributed by atoms with Gasteiger partial charge >= 0.3 is 0 Å². The highest BCUT2D eigenvalue weighted by Gasteiger charge is 2.39. The molecule has 2 aliphatic carbocycles. The molecule has 0 unspecified atom stereocenters. The summed E-state index contributed by atoms with van der Waals surface area (Å²) in [5, 5.41) is 3.46. The Labute approximate surface area is 133 Å². The number of hydrogen-bond donors (Lipinski definition) is 2. The number of amides is 1. The van der Waals surface area contributed by atoms with E-state index in [1.54, 1.807) is 0 Å². The lowest BCUT2D eigenvalue weighted by Crippen LogP contribution is -2.50. The lowest BCUT2D eigenvalue weighted by atomic mass is 9.76. The van der Waals surface area contributed by atoms with Crippen molar-refractivity contribution in [2.24, 2.45) is 17.6 Å². The maximum absolute atomic E-state index is 12.9. The standard InChI is InChI=1S/C19H28N2O/c20-14-15-8-7-11-17(15)18(22)21-19(12-5-2-6-13-19)16-9-3-1-4-10-16/h1,3-4,9-10,15,17H,2,5-8,11-14,20H2,(H,21,22)/t15-,17-/m1/s1. The van der Waals surface area contributed by atoms with Crippen molar-refractivity contribution in [3.8, 4) is 0 Å². The second-order valence-corrected chi connectivity index (χ2v) is 7.03. The molecule has 1 amide bonds. The van der Waals surface area contributed by atoms with Crippen LogP contribution in [0.4, 0.5) is 0 Å². The molecule has 0 aliphatic heterocycles. The number of carbonyl (C=O) groups is 1. The van der Waals surface area contributed by atoms with Gasteiger partial charge < -0.3 is 11.1 Å². The maximum Gasteiger partial charge on any atom is 0.224 e. The topological polar surface area (TPSA) is 55.1 Å². The molecule has 3 heteroatoms. The third-order valence-corrected chi connectivity index (χ3v) is 5.69. The van der Waals surface area contributed by atoms with Crippen LogP contribution in [0.15, 0.2) is 30.3 Å². The third-order valence-electron chi connectivity index (χ3n) is 5.69. The van der Waals surface area contributed by atoms with Crippen molar-refractivity contribution in [1.29, 1.82) is 0 Å². The van der Waals surface area contributed by atoms with Crippen LogP contribution >= 0.6 is 0 Å². The lowest BCUT2D eigenvalue weighted by molar-refractivity contribution is -0.128. The predicted molar refractivity (Wildman–Crippen MR) is 89.2 cm³/mol. The first-order chi connectivity index (χ1) is 10.7. The Morgan fingerprint density at radius 1 is 1.09 bits per heavy atom. The highest BCUT2D eigenvalue weighted by atomic mass is 16.2. The minimum Gasteiger partial charge on any atom is -0.346 e. The monoisotopic (exact) mass is 300 g/mol. The SMILES string of the molecule is NC[C@H]1CCC[C@H]1C(=O)NC1(c2ccccc2)CCCCC1. The first-order valence-electron chi connectivity index (χ1n) is 8.83. The van der Waals surface area contributed by atoms with E-state index in [1.807, 2.05) is 6.07 Å². The molecule has 0 radical (unpaired) electrons. The first kappa shape index (κ1) is 15.5. The summed E-state index contributed by atoms with van der Waals surface area (Å²) in [6.45, 7) is 0.635. The fourth-order valence-corrected chi connectivity index (χ4v) is 4.39. The summed E-state index contributed by atoms with van der Waals surface area (Å²) in [6.07, 6.45) is 9.02. The van der Waals surface area contributed by atoms with Gasteiger partial charge in [0.15, 0.2) is 0 Å². The van der Waals surface area contributed by atoms with Gasteiger partial charge in [-0.1, -0.05) is 56.0 Å². The largest absolute Gasteiger partial charge is 0.346 e. The average Bonchev–Trinajstić information content (AvgIpc) is 3.05. The molecule has 0 spiro atoms. The van der Waals surface area contributed by atoms with E-state index in [0.29, 0.717) is 12.5 Å². The van der Waals surface area contributed by atoms with E-state index < -0.39 is 0 Å². The zero-order valence-electron chi connectivity index (χ0n) is 13.4. The van der Waals surface area contributed by atoms with Crippen molar-refractivity contribution in [2.75, 3.05) is 6.54 Å². The second kappa shape index (κ2) is 6.82. The van der Waals surface area contributed by atoms with Crippen LogP contribution in [0.1, 0.15) is 56.9 Å². The Kier molecular flexibility index (Phi) is 4.82. The maximum atomic E-state index is 12.9. The molecule has 22 heavy (non-hydrogen) atoms. The number of nitrogens with one attached hydrogen (secondary N) is 1. The summed E-state index contributed by atoms with van der Waals surface area (Å²) < 4.78 is 0. The van der Waals surface area contributed by atoms with Crippen LogP contribution in [-0.4, -0.2) is 12.5 Å². The Bertz CT molecular complexity index is 493. The number of hydrogen-bond acceptors (Lipinski definition) is 2. The van der Waals surface area contributed by atoms with Crippen LogP contribution < -0.4 is 11.1 Å². The van der Waals surface area contributed by atoms with Crippen molar-refractivity contribution < 1.29 is 4.79 Å². The van der Waals surface area contributed by atoms with Gasteiger partial charge in [0.1, 0.15) is 0 Å². The predicted octanol–water partition coefficient (Wildman–Crippen LogP) is 3.34. The van der Waals surface area contributed by atoms with E-state index in [1.165, 1.54) is 24.8 Å². The molecule has 2 saturated carbocycles. The van der Waals surface area contributed by atoms with Crippen LogP contribution in [0.25, 0.3) is 0 Å². The zero-order valence-corrected chi connectivity index (χ0v) is 13.4. The van der Waals surface area contributed by atoms with Gasteiger partial charge in [0, 0.05) is 5.92 Å². The van der Waals surface area contributed by atoms with Crippen LogP contribution in [0.5, 0.6) is 0 Å².